The molecule has 3 rings (SSSR count). The molecule has 1 aliphatic carbocycles. The van der Waals surface area contributed by atoms with Gasteiger partial charge in [0, 0.05) is 12.3 Å². The van der Waals surface area contributed by atoms with E-state index in [0.717, 1.165) is 23.7 Å². The molecule has 1 fully saturated rings. The summed E-state index contributed by atoms with van der Waals surface area (Å²) in [6.45, 7) is 0. The quantitative estimate of drug-likeness (QED) is 0.862. The summed E-state index contributed by atoms with van der Waals surface area (Å²) in [5.41, 5.74) is 0. The zero-order valence-corrected chi connectivity index (χ0v) is 12.6. The van der Waals surface area contributed by atoms with E-state index in [0.29, 0.717) is 11.8 Å². The number of anilines is 1. The number of nitrogens with zero attached hydrogens (tertiary/aromatic N) is 3. The van der Waals surface area contributed by atoms with E-state index in [4.69, 9.17) is 0 Å². The second kappa shape index (κ2) is 6.76. The summed E-state index contributed by atoms with van der Waals surface area (Å²) in [7, 11) is 0. The summed E-state index contributed by atoms with van der Waals surface area (Å²) >= 11 is 1.44. The summed E-state index contributed by atoms with van der Waals surface area (Å²) in [6.07, 6.45) is 8.26. The van der Waals surface area contributed by atoms with Crippen LogP contribution in [0.25, 0.3) is 0 Å². The van der Waals surface area contributed by atoms with E-state index in [-0.39, 0.29) is 5.91 Å². The Balaban J connectivity index is 1.56. The number of nitrogens with one attached hydrogen (secondary N) is 1. The standard InChI is InChI=1S/C15H18N4OS/c20-14(11-21-15-7-3-4-9-16-15)18-13-8-10-17-19(13)12-5-1-2-6-12/h3-4,7-10,12H,1-2,5-6,11H2,(H,18,20). The van der Waals surface area contributed by atoms with Gasteiger partial charge in [0.15, 0.2) is 0 Å². The van der Waals surface area contributed by atoms with Crippen molar-refractivity contribution in [1.29, 1.82) is 0 Å². The maximum absolute atomic E-state index is 12.1. The number of hydrogen-bond donors (Lipinski definition) is 1. The second-order valence-electron chi connectivity index (χ2n) is 5.10. The number of carbonyl (C=O) groups is 1. The van der Waals surface area contributed by atoms with Gasteiger partial charge >= 0.3 is 0 Å². The summed E-state index contributed by atoms with van der Waals surface area (Å²) < 4.78 is 1.95. The molecule has 0 bridgehead atoms. The van der Waals surface area contributed by atoms with Crippen molar-refractivity contribution in [2.45, 2.75) is 36.8 Å². The highest BCUT2D eigenvalue weighted by molar-refractivity contribution is 7.99. The zero-order chi connectivity index (χ0) is 14.5. The normalized spacial score (nSPS) is 15.2. The van der Waals surface area contributed by atoms with Gasteiger partial charge in [-0.1, -0.05) is 30.7 Å². The van der Waals surface area contributed by atoms with Gasteiger partial charge in [-0.3, -0.25) is 4.79 Å². The number of aromatic nitrogens is 3. The molecule has 2 aromatic rings. The Morgan fingerprint density at radius 2 is 2.14 bits per heavy atom. The Morgan fingerprint density at radius 3 is 2.90 bits per heavy atom. The van der Waals surface area contributed by atoms with Gasteiger partial charge in [-0.2, -0.15) is 5.10 Å². The molecule has 1 saturated carbocycles. The molecule has 0 unspecified atom stereocenters. The molecule has 1 aliphatic rings. The van der Waals surface area contributed by atoms with Gasteiger partial charge in [0.05, 0.1) is 23.0 Å². The molecular formula is C15H18N4OS. The van der Waals surface area contributed by atoms with Gasteiger partial charge < -0.3 is 5.32 Å². The van der Waals surface area contributed by atoms with Crippen molar-refractivity contribution in [3.8, 4) is 0 Å². The van der Waals surface area contributed by atoms with Gasteiger partial charge in [-0.15, -0.1) is 0 Å². The molecule has 0 radical (unpaired) electrons. The maximum Gasteiger partial charge on any atom is 0.235 e. The lowest BCUT2D eigenvalue weighted by atomic mass is 10.2. The minimum Gasteiger partial charge on any atom is -0.310 e. The minimum atomic E-state index is -0.0228. The zero-order valence-electron chi connectivity index (χ0n) is 11.7. The van der Waals surface area contributed by atoms with E-state index < -0.39 is 0 Å². The molecule has 1 N–H and O–H groups in total. The van der Waals surface area contributed by atoms with E-state index in [1.165, 1.54) is 24.6 Å². The fourth-order valence-electron chi connectivity index (χ4n) is 2.60. The summed E-state index contributed by atoms with van der Waals surface area (Å²) in [5.74, 6) is 1.13. The number of rotatable bonds is 5. The van der Waals surface area contributed by atoms with Crippen molar-refractivity contribution in [3.05, 3.63) is 36.7 Å². The SMILES string of the molecule is O=C(CSc1ccccn1)Nc1ccnn1C1CCCC1. The minimum absolute atomic E-state index is 0.0228. The van der Waals surface area contributed by atoms with Gasteiger partial charge in [-0.05, 0) is 25.0 Å². The molecule has 6 heteroatoms. The lowest BCUT2D eigenvalue weighted by Gasteiger charge is -2.14. The maximum atomic E-state index is 12.1. The number of hydrogen-bond acceptors (Lipinski definition) is 4. The third-order valence-electron chi connectivity index (χ3n) is 3.60. The third kappa shape index (κ3) is 3.64. The van der Waals surface area contributed by atoms with Gasteiger partial charge in [0.25, 0.3) is 0 Å². The first-order valence-corrected chi connectivity index (χ1v) is 8.19. The first kappa shape index (κ1) is 14.1. The molecule has 5 nitrogen and oxygen atoms in total. The number of carbonyl (C=O) groups excluding carboxylic acids is 1. The lowest BCUT2D eigenvalue weighted by molar-refractivity contribution is -0.113. The first-order chi connectivity index (χ1) is 10.3. The van der Waals surface area contributed by atoms with Gasteiger partial charge in [0.1, 0.15) is 5.82 Å². The van der Waals surface area contributed by atoms with E-state index >= 15 is 0 Å². The predicted octanol–water partition coefficient (Wildman–Crippen LogP) is 3.12. The molecule has 2 heterocycles. The third-order valence-corrected chi connectivity index (χ3v) is 4.54. The fourth-order valence-corrected chi connectivity index (χ4v) is 3.27. The molecular weight excluding hydrogens is 284 g/mol. The summed E-state index contributed by atoms with van der Waals surface area (Å²) in [6, 6.07) is 7.98. The number of thioether (sulfide) groups is 1. The van der Waals surface area contributed by atoms with Crippen molar-refractivity contribution in [1.82, 2.24) is 14.8 Å². The lowest BCUT2D eigenvalue weighted by Crippen LogP contribution is -2.19. The molecule has 0 spiro atoms. The van der Waals surface area contributed by atoms with Crippen LogP contribution in [0.3, 0.4) is 0 Å². The van der Waals surface area contributed by atoms with Crippen LogP contribution in [0, 0.1) is 0 Å². The first-order valence-electron chi connectivity index (χ1n) is 7.20. The molecule has 0 aliphatic heterocycles. The fraction of sp³-hybridized carbons (Fsp3) is 0.400. The average Bonchev–Trinajstić information content (AvgIpc) is 3.17. The Kier molecular flexibility index (Phi) is 4.55. The largest absolute Gasteiger partial charge is 0.310 e. The summed E-state index contributed by atoms with van der Waals surface area (Å²) in [4.78, 5) is 16.2. The Morgan fingerprint density at radius 1 is 1.29 bits per heavy atom. The van der Waals surface area contributed by atoms with Crippen molar-refractivity contribution in [3.63, 3.8) is 0 Å². The van der Waals surface area contributed by atoms with Crippen LogP contribution >= 0.6 is 11.8 Å². The topological polar surface area (TPSA) is 59.8 Å². The van der Waals surface area contributed by atoms with Crippen molar-refractivity contribution >= 4 is 23.5 Å². The molecule has 110 valence electrons. The van der Waals surface area contributed by atoms with Gasteiger partial charge in [-0.25, -0.2) is 9.67 Å². The smallest absolute Gasteiger partial charge is 0.235 e. The predicted molar refractivity (Wildman–Crippen MR) is 83.3 cm³/mol. The molecule has 21 heavy (non-hydrogen) atoms. The Bertz CT molecular complexity index is 593. The molecule has 0 atom stereocenters. The van der Waals surface area contributed by atoms with Crippen LogP contribution in [0.4, 0.5) is 5.82 Å². The Hall–Kier alpha value is -1.82. The van der Waals surface area contributed by atoms with Crippen LogP contribution in [-0.2, 0) is 4.79 Å². The van der Waals surface area contributed by atoms with Crippen LogP contribution in [0.5, 0.6) is 0 Å². The molecule has 2 aromatic heterocycles. The molecule has 0 aromatic carbocycles. The second-order valence-corrected chi connectivity index (χ2v) is 6.10. The van der Waals surface area contributed by atoms with E-state index in [1.807, 2.05) is 28.9 Å². The van der Waals surface area contributed by atoms with Crippen molar-refractivity contribution in [2.24, 2.45) is 0 Å². The average molecular weight is 302 g/mol. The van der Waals surface area contributed by atoms with Crippen LogP contribution < -0.4 is 5.32 Å². The van der Waals surface area contributed by atoms with Crippen LogP contribution in [0.15, 0.2) is 41.7 Å². The van der Waals surface area contributed by atoms with Crippen molar-refractivity contribution in [2.75, 3.05) is 11.1 Å². The van der Waals surface area contributed by atoms with Gasteiger partial charge in [0.2, 0.25) is 5.91 Å². The number of amides is 1. The Labute approximate surface area is 128 Å². The van der Waals surface area contributed by atoms with Crippen molar-refractivity contribution < 1.29 is 4.79 Å². The monoisotopic (exact) mass is 302 g/mol. The van der Waals surface area contributed by atoms with E-state index in [2.05, 4.69) is 15.4 Å². The van der Waals surface area contributed by atoms with Crippen LogP contribution in [-0.4, -0.2) is 26.4 Å². The van der Waals surface area contributed by atoms with Crippen LogP contribution in [0.2, 0.25) is 0 Å². The molecule has 1 amide bonds. The summed E-state index contributed by atoms with van der Waals surface area (Å²) in [5, 5.41) is 8.16. The van der Waals surface area contributed by atoms with Crippen LogP contribution in [0.1, 0.15) is 31.7 Å². The molecule has 0 saturated heterocycles. The van der Waals surface area contributed by atoms with E-state index in [9.17, 15) is 4.79 Å². The highest BCUT2D eigenvalue weighted by Crippen LogP contribution is 2.31. The number of pyridine rings is 1. The highest BCUT2D eigenvalue weighted by atomic mass is 32.2. The van der Waals surface area contributed by atoms with E-state index in [1.54, 1.807) is 12.4 Å². The highest BCUT2D eigenvalue weighted by Gasteiger charge is 2.20.